The summed E-state index contributed by atoms with van der Waals surface area (Å²) < 4.78 is 8.26. The van der Waals surface area contributed by atoms with E-state index in [-0.39, 0.29) is 28.9 Å². The second-order valence-electron chi connectivity index (χ2n) is 9.42. The van der Waals surface area contributed by atoms with Crippen molar-refractivity contribution in [3.8, 4) is 0 Å². The van der Waals surface area contributed by atoms with Gasteiger partial charge in [-0.3, -0.25) is 4.57 Å². The second kappa shape index (κ2) is 5.76. The predicted octanol–water partition coefficient (Wildman–Crippen LogP) is 4.72. The average molecular weight is 330 g/mol. The van der Waals surface area contributed by atoms with Gasteiger partial charge in [-0.15, -0.1) is 0 Å². The molecule has 0 bridgehead atoms. The summed E-state index contributed by atoms with van der Waals surface area (Å²) in [6.07, 6.45) is 1.87. The molecule has 4 nitrogen and oxygen atoms in total. The zero-order valence-corrected chi connectivity index (χ0v) is 15.7. The molecular formula is C20H30N2O2. The molecule has 2 heterocycles. The summed E-state index contributed by atoms with van der Waals surface area (Å²) >= 11 is 0. The number of benzene rings is 1. The number of fused-ring (bicyclic) bond motifs is 1. The highest BCUT2D eigenvalue weighted by atomic mass is 16.5. The van der Waals surface area contributed by atoms with Gasteiger partial charge in [0.1, 0.15) is 6.23 Å². The highest BCUT2D eigenvalue weighted by Gasteiger charge is 2.44. The zero-order valence-electron chi connectivity index (χ0n) is 15.7. The molecule has 1 aromatic heterocycles. The molecule has 0 aliphatic carbocycles. The number of aromatic amines is 1. The van der Waals surface area contributed by atoms with Crippen molar-refractivity contribution in [3.05, 3.63) is 34.7 Å². The Labute approximate surface area is 144 Å². The van der Waals surface area contributed by atoms with Crippen molar-refractivity contribution in [2.75, 3.05) is 0 Å². The highest BCUT2D eigenvalue weighted by molar-refractivity contribution is 5.75. The summed E-state index contributed by atoms with van der Waals surface area (Å²) in [6.45, 7) is 13.6. The fraction of sp³-hybridized carbons (Fsp3) is 0.650. The lowest BCUT2D eigenvalue weighted by Crippen LogP contribution is -2.31. The van der Waals surface area contributed by atoms with Gasteiger partial charge in [-0.2, -0.15) is 0 Å². The Balaban J connectivity index is 1.98. The number of para-hydroxylation sites is 2. The van der Waals surface area contributed by atoms with Crippen LogP contribution in [0, 0.1) is 16.7 Å². The molecule has 1 aliphatic rings. The minimum Gasteiger partial charge on any atom is -0.354 e. The van der Waals surface area contributed by atoms with Crippen molar-refractivity contribution in [1.82, 2.24) is 9.55 Å². The molecule has 1 unspecified atom stereocenters. The smallest absolute Gasteiger partial charge is 0.328 e. The number of rotatable bonds is 2. The quantitative estimate of drug-likeness (QED) is 0.866. The lowest BCUT2D eigenvalue weighted by atomic mass is 9.73. The van der Waals surface area contributed by atoms with Gasteiger partial charge in [-0.05, 0) is 41.7 Å². The third kappa shape index (κ3) is 3.30. The first kappa shape index (κ1) is 17.3. The van der Waals surface area contributed by atoms with E-state index in [0.29, 0.717) is 5.92 Å². The van der Waals surface area contributed by atoms with Crippen LogP contribution in [0.2, 0.25) is 0 Å². The maximum Gasteiger partial charge on any atom is 0.328 e. The fourth-order valence-electron chi connectivity index (χ4n) is 3.95. The van der Waals surface area contributed by atoms with Crippen LogP contribution >= 0.6 is 0 Å². The van der Waals surface area contributed by atoms with Crippen LogP contribution in [0.3, 0.4) is 0 Å². The Kier molecular flexibility index (Phi) is 4.15. The minimum absolute atomic E-state index is 0.0785. The molecule has 1 aromatic carbocycles. The van der Waals surface area contributed by atoms with Gasteiger partial charge in [0, 0.05) is 0 Å². The molecule has 0 radical (unpaired) electrons. The van der Waals surface area contributed by atoms with Crippen LogP contribution < -0.4 is 5.69 Å². The molecule has 3 rings (SSSR count). The first-order chi connectivity index (χ1) is 11.1. The maximum atomic E-state index is 12.5. The van der Waals surface area contributed by atoms with E-state index in [0.717, 1.165) is 23.9 Å². The normalized spacial score (nSPS) is 25.5. The average Bonchev–Trinajstić information content (AvgIpc) is 2.96. The largest absolute Gasteiger partial charge is 0.354 e. The van der Waals surface area contributed by atoms with Crippen LogP contribution in [0.25, 0.3) is 11.0 Å². The maximum absolute atomic E-state index is 12.5. The zero-order chi connectivity index (χ0) is 17.7. The van der Waals surface area contributed by atoms with Gasteiger partial charge in [0.15, 0.2) is 0 Å². The summed E-state index contributed by atoms with van der Waals surface area (Å²) in [5, 5.41) is 0. The highest BCUT2D eigenvalue weighted by Crippen LogP contribution is 2.47. The standard InChI is InChI=1S/C20H30N2O2/c1-19(2,3)12-16-13(20(4,5)6)11-17(24-16)22-15-10-8-7-9-14(15)21-18(22)23/h7-10,13,16-17H,11-12H2,1-6H3,(H,21,23)/t13-,16?,17-/m1/s1. The number of nitrogens with zero attached hydrogens (tertiary/aromatic N) is 1. The molecule has 3 atom stereocenters. The molecule has 4 heteroatoms. The van der Waals surface area contributed by atoms with Gasteiger partial charge in [0.2, 0.25) is 0 Å². The monoisotopic (exact) mass is 330 g/mol. The third-order valence-corrected chi connectivity index (χ3v) is 5.07. The molecule has 0 saturated carbocycles. The van der Waals surface area contributed by atoms with E-state index in [2.05, 4.69) is 46.5 Å². The van der Waals surface area contributed by atoms with Crippen LogP contribution in [0.15, 0.2) is 29.1 Å². The lowest BCUT2D eigenvalue weighted by Gasteiger charge is -2.33. The predicted molar refractivity (Wildman–Crippen MR) is 98.1 cm³/mol. The van der Waals surface area contributed by atoms with E-state index in [9.17, 15) is 4.79 Å². The second-order valence-corrected chi connectivity index (χ2v) is 9.42. The van der Waals surface area contributed by atoms with E-state index < -0.39 is 0 Å². The number of hydrogen-bond donors (Lipinski definition) is 1. The SMILES string of the molecule is CC(C)(C)CC1O[C@@H](n2c(=O)[nH]c3ccccc32)C[C@H]1C(C)(C)C. The van der Waals surface area contributed by atoms with Gasteiger partial charge in [-0.1, -0.05) is 53.7 Å². The van der Waals surface area contributed by atoms with Crippen molar-refractivity contribution in [1.29, 1.82) is 0 Å². The summed E-state index contributed by atoms with van der Waals surface area (Å²) in [6, 6.07) is 7.84. The number of hydrogen-bond acceptors (Lipinski definition) is 2. The Hall–Kier alpha value is -1.55. The van der Waals surface area contributed by atoms with Crippen molar-refractivity contribution < 1.29 is 4.74 Å². The number of imidazole rings is 1. The topological polar surface area (TPSA) is 47.0 Å². The molecule has 0 amide bonds. The molecule has 1 fully saturated rings. The van der Waals surface area contributed by atoms with Gasteiger partial charge in [0.05, 0.1) is 17.1 Å². The molecule has 132 valence electrons. The van der Waals surface area contributed by atoms with Crippen molar-refractivity contribution in [2.24, 2.45) is 16.7 Å². The Morgan fingerprint density at radius 3 is 2.46 bits per heavy atom. The van der Waals surface area contributed by atoms with E-state index >= 15 is 0 Å². The number of nitrogens with one attached hydrogen (secondary N) is 1. The lowest BCUT2D eigenvalue weighted by molar-refractivity contribution is -0.0318. The van der Waals surface area contributed by atoms with Gasteiger partial charge >= 0.3 is 5.69 Å². The molecule has 2 aromatic rings. The van der Waals surface area contributed by atoms with Crippen LogP contribution in [0.5, 0.6) is 0 Å². The van der Waals surface area contributed by atoms with Gasteiger partial charge in [-0.25, -0.2) is 4.79 Å². The molecule has 1 N–H and O–H groups in total. The van der Waals surface area contributed by atoms with Crippen LogP contribution in [0.4, 0.5) is 0 Å². The van der Waals surface area contributed by atoms with E-state index in [1.165, 1.54) is 0 Å². The number of aromatic nitrogens is 2. The van der Waals surface area contributed by atoms with Crippen molar-refractivity contribution >= 4 is 11.0 Å². The fourth-order valence-corrected chi connectivity index (χ4v) is 3.95. The van der Waals surface area contributed by atoms with Gasteiger partial charge < -0.3 is 9.72 Å². The van der Waals surface area contributed by atoms with Crippen LogP contribution in [-0.4, -0.2) is 15.7 Å². The van der Waals surface area contributed by atoms with E-state index in [4.69, 9.17) is 4.74 Å². The number of H-pyrrole nitrogens is 1. The molecule has 1 saturated heterocycles. The first-order valence-electron chi connectivity index (χ1n) is 8.91. The first-order valence-corrected chi connectivity index (χ1v) is 8.91. The van der Waals surface area contributed by atoms with E-state index in [1.807, 2.05) is 24.3 Å². The Morgan fingerprint density at radius 1 is 1.17 bits per heavy atom. The summed E-state index contributed by atoms with van der Waals surface area (Å²) in [4.78, 5) is 15.4. The van der Waals surface area contributed by atoms with Crippen molar-refractivity contribution in [2.45, 2.75) is 66.7 Å². The summed E-state index contributed by atoms with van der Waals surface area (Å²) in [5.41, 5.74) is 2.08. The Bertz CT molecular complexity index is 773. The molecular weight excluding hydrogens is 300 g/mol. The molecule has 24 heavy (non-hydrogen) atoms. The van der Waals surface area contributed by atoms with Crippen LogP contribution in [-0.2, 0) is 4.74 Å². The summed E-state index contributed by atoms with van der Waals surface area (Å²) in [5.74, 6) is 0.433. The Morgan fingerprint density at radius 2 is 1.83 bits per heavy atom. The van der Waals surface area contributed by atoms with Gasteiger partial charge in [0.25, 0.3) is 0 Å². The van der Waals surface area contributed by atoms with Crippen LogP contribution in [0.1, 0.15) is 60.6 Å². The van der Waals surface area contributed by atoms with E-state index in [1.54, 1.807) is 4.57 Å². The summed E-state index contributed by atoms with van der Waals surface area (Å²) in [7, 11) is 0. The minimum atomic E-state index is -0.190. The number of ether oxygens (including phenoxy) is 1. The third-order valence-electron chi connectivity index (χ3n) is 5.07. The molecule has 1 aliphatic heterocycles. The van der Waals surface area contributed by atoms with Crippen molar-refractivity contribution in [3.63, 3.8) is 0 Å². The molecule has 0 spiro atoms.